The van der Waals surface area contributed by atoms with Crippen molar-refractivity contribution in [3.05, 3.63) is 23.8 Å². The maximum Gasteiger partial charge on any atom is 0.123 e. The van der Waals surface area contributed by atoms with E-state index in [0.29, 0.717) is 12.1 Å². The molecule has 1 aromatic carbocycles. The largest absolute Gasteiger partial charge is 0.497 e. The van der Waals surface area contributed by atoms with Gasteiger partial charge in [-0.25, -0.2) is 0 Å². The van der Waals surface area contributed by atoms with Crippen LogP contribution in [0.2, 0.25) is 0 Å². The molecule has 3 rings (SSSR count). The molecule has 1 atom stereocenters. The van der Waals surface area contributed by atoms with Gasteiger partial charge in [-0.05, 0) is 50.3 Å². The zero-order valence-corrected chi connectivity index (χ0v) is 13.7. The first-order valence-corrected chi connectivity index (χ1v) is 8.36. The zero-order chi connectivity index (χ0) is 15.4. The van der Waals surface area contributed by atoms with Gasteiger partial charge >= 0.3 is 0 Å². The van der Waals surface area contributed by atoms with Crippen LogP contribution in [-0.2, 0) is 11.3 Å². The van der Waals surface area contributed by atoms with E-state index in [-0.39, 0.29) is 0 Å². The Morgan fingerprint density at radius 3 is 2.64 bits per heavy atom. The van der Waals surface area contributed by atoms with E-state index in [9.17, 15) is 0 Å². The topological polar surface area (TPSA) is 30.9 Å². The monoisotopic (exact) mass is 305 g/mol. The molecule has 122 valence electrons. The second-order valence-electron chi connectivity index (χ2n) is 6.33. The second kappa shape index (κ2) is 7.34. The lowest BCUT2D eigenvalue weighted by Gasteiger charge is -2.30. The summed E-state index contributed by atoms with van der Waals surface area (Å²) in [6, 6.07) is 6.75. The Bertz CT molecular complexity index is 481. The number of rotatable bonds is 7. The lowest BCUT2D eigenvalue weighted by molar-refractivity contribution is -0.00890. The Morgan fingerprint density at radius 1 is 1.14 bits per heavy atom. The molecule has 1 unspecified atom stereocenters. The summed E-state index contributed by atoms with van der Waals surface area (Å²) in [5.41, 5.74) is 1.20. The number of methoxy groups -OCH3 is 2. The van der Waals surface area contributed by atoms with E-state index in [0.717, 1.165) is 31.2 Å². The van der Waals surface area contributed by atoms with E-state index < -0.39 is 0 Å². The molecule has 1 saturated heterocycles. The first kappa shape index (κ1) is 15.6. The Kier molecular flexibility index (Phi) is 5.21. The number of nitrogens with zero attached hydrogens (tertiary/aromatic N) is 1. The van der Waals surface area contributed by atoms with Crippen LogP contribution in [0.1, 0.15) is 37.7 Å². The molecule has 0 radical (unpaired) electrons. The lowest BCUT2D eigenvalue weighted by atomic mass is 10.1. The molecule has 0 N–H and O–H groups in total. The average molecular weight is 305 g/mol. The molecule has 0 bridgehead atoms. The quantitative estimate of drug-likeness (QED) is 0.774. The van der Waals surface area contributed by atoms with E-state index in [1.807, 2.05) is 12.1 Å². The first-order valence-electron chi connectivity index (χ1n) is 8.36. The summed E-state index contributed by atoms with van der Waals surface area (Å²) in [6.45, 7) is 2.86. The Labute approximate surface area is 133 Å². The van der Waals surface area contributed by atoms with Gasteiger partial charge in [0, 0.05) is 31.3 Å². The highest BCUT2D eigenvalue weighted by molar-refractivity contribution is 5.40. The fourth-order valence-corrected chi connectivity index (χ4v) is 3.22. The van der Waals surface area contributed by atoms with E-state index in [1.54, 1.807) is 14.2 Å². The molecule has 0 spiro atoms. The van der Waals surface area contributed by atoms with Crippen molar-refractivity contribution in [1.82, 2.24) is 4.90 Å². The van der Waals surface area contributed by atoms with Crippen LogP contribution in [0.25, 0.3) is 0 Å². The third-order valence-corrected chi connectivity index (χ3v) is 4.64. The van der Waals surface area contributed by atoms with Crippen LogP contribution in [-0.4, -0.2) is 44.4 Å². The fourth-order valence-electron chi connectivity index (χ4n) is 3.22. The van der Waals surface area contributed by atoms with Crippen LogP contribution >= 0.6 is 0 Å². The molecule has 1 aromatic rings. The highest BCUT2D eigenvalue weighted by Gasteiger charge is 2.31. The Morgan fingerprint density at radius 2 is 2.00 bits per heavy atom. The molecule has 4 nitrogen and oxygen atoms in total. The summed E-state index contributed by atoms with van der Waals surface area (Å²) >= 11 is 0. The first-order chi connectivity index (χ1) is 10.8. The molecular weight excluding hydrogens is 278 g/mol. The number of benzene rings is 1. The van der Waals surface area contributed by atoms with Gasteiger partial charge in [0.2, 0.25) is 0 Å². The minimum atomic E-state index is 0.394. The van der Waals surface area contributed by atoms with Gasteiger partial charge in [-0.2, -0.15) is 0 Å². The third kappa shape index (κ3) is 3.93. The molecule has 0 aromatic heterocycles. The summed E-state index contributed by atoms with van der Waals surface area (Å²) < 4.78 is 16.8. The summed E-state index contributed by atoms with van der Waals surface area (Å²) in [5, 5.41) is 0. The minimum absolute atomic E-state index is 0.394. The van der Waals surface area contributed by atoms with Gasteiger partial charge in [0.15, 0.2) is 0 Å². The fraction of sp³-hybridized carbons (Fsp3) is 0.667. The standard InChI is InChI=1S/C18H27NO3/c1-20-16-8-9-18(21-2)14(11-16)12-19(15-6-7-15)13-17-5-3-4-10-22-17/h8-9,11,15,17H,3-7,10,12-13H2,1-2H3. The van der Waals surface area contributed by atoms with Crippen molar-refractivity contribution in [2.75, 3.05) is 27.4 Å². The molecule has 0 amide bonds. The Balaban J connectivity index is 1.70. The normalized spacial score (nSPS) is 21.9. The molecule has 2 aliphatic rings. The van der Waals surface area contributed by atoms with Gasteiger partial charge in [0.1, 0.15) is 11.5 Å². The van der Waals surface area contributed by atoms with Gasteiger partial charge in [-0.3, -0.25) is 4.90 Å². The molecule has 2 fully saturated rings. The van der Waals surface area contributed by atoms with E-state index in [2.05, 4.69) is 11.0 Å². The average Bonchev–Trinajstić information content (AvgIpc) is 3.40. The van der Waals surface area contributed by atoms with E-state index >= 15 is 0 Å². The third-order valence-electron chi connectivity index (χ3n) is 4.64. The van der Waals surface area contributed by atoms with Gasteiger partial charge in [0.25, 0.3) is 0 Å². The molecule has 1 aliphatic heterocycles. The highest BCUT2D eigenvalue weighted by atomic mass is 16.5. The summed E-state index contributed by atoms with van der Waals surface area (Å²) in [7, 11) is 3.44. The highest BCUT2D eigenvalue weighted by Crippen LogP contribution is 2.32. The number of ether oxygens (including phenoxy) is 3. The van der Waals surface area contributed by atoms with Crippen molar-refractivity contribution >= 4 is 0 Å². The van der Waals surface area contributed by atoms with Crippen molar-refractivity contribution in [3.8, 4) is 11.5 Å². The van der Waals surface area contributed by atoms with E-state index in [4.69, 9.17) is 14.2 Å². The van der Waals surface area contributed by atoms with Crippen molar-refractivity contribution in [2.45, 2.75) is 50.8 Å². The minimum Gasteiger partial charge on any atom is -0.497 e. The van der Waals surface area contributed by atoms with Gasteiger partial charge in [-0.15, -0.1) is 0 Å². The second-order valence-corrected chi connectivity index (χ2v) is 6.33. The van der Waals surface area contributed by atoms with Crippen LogP contribution in [0.3, 0.4) is 0 Å². The summed E-state index contributed by atoms with van der Waals surface area (Å²) in [5.74, 6) is 1.83. The van der Waals surface area contributed by atoms with Gasteiger partial charge in [-0.1, -0.05) is 0 Å². The molecule has 1 saturated carbocycles. The van der Waals surface area contributed by atoms with Gasteiger partial charge < -0.3 is 14.2 Å². The summed E-state index contributed by atoms with van der Waals surface area (Å²) in [6.07, 6.45) is 6.71. The summed E-state index contributed by atoms with van der Waals surface area (Å²) in [4.78, 5) is 2.56. The molecule has 1 aliphatic carbocycles. The van der Waals surface area contributed by atoms with Crippen molar-refractivity contribution in [2.24, 2.45) is 0 Å². The van der Waals surface area contributed by atoms with Gasteiger partial charge in [0.05, 0.1) is 20.3 Å². The van der Waals surface area contributed by atoms with Crippen LogP contribution in [0, 0.1) is 0 Å². The molecule has 22 heavy (non-hydrogen) atoms. The van der Waals surface area contributed by atoms with Crippen LogP contribution in [0.4, 0.5) is 0 Å². The Hall–Kier alpha value is -1.26. The van der Waals surface area contributed by atoms with Crippen molar-refractivity contribution in [1.29, 1.82) is 0 Å². The predicted octanol–water partition coefficient (Wildman–Crippen LogP) is 3.24. The van der Waals surface area contributed by atoms with Crippen LogP contribution in [0.5, 0.6) is 11.5 Å². The molecule has 1 heterocycles. The molecular formula is C18H27NO3. The van der Waals surface area contributed by atoms with Crippen molar-refractivity contribution < 1.29 is 14.2 Å². The SMILES string of the molecule is COc1ccc(OC)c(CN(CC2CCCCO2)C2CC2)c1. The number of hydrogen-bond acceptors (Lipinski definition) is 4. The zero-order valence-electron chi connectivity index (χ0n) is 13.7. The van der Waals surface area contributed by atoms with Crippen molar-refractivity contribution in [3.63, 3.8) is 0 Å². The van der Waals surface area contributed by atoms with Crippen LogP contribution in [0.15, 0.2) is 18.2 Å². The van der Waals surface area contributed by atoms with E-state index in [1.165, 1.54) is 37.7 Å². The maximum atomic E-state index is 5.93. The predicted molar refractivity (Wildman–Crippen MR) is 86.6 cm³/mol. The maximum absolute atomic E-state index is 5.93. The number of hydrogen-bond donors (Lipinski definition) is 0. The molecule has 4 heteroatoms. The lowest BCUT2D eigenvalue weighted by Crippen LogP contribution is -2.36. The smallest absolute Gasteiger partial charge is 0.123 e. The van der Waals surface area contributed by atoms with Crippen LogP contribution < -0.4 is 9.47 Å².